The van der Waals surface area contributed by atoms with Crippen molar-refractivity contribution in [3.8, 4) is 11.5 Å². The molecule has 0 spiro atoms. The van der Waals surface area contributed by atoms with E-state index >= 15 is 0 Å². The molecule has 1 aliphatic rings. The second-order valence-electron chi connectivity index (χ2n) is 5.36. The molecule has 7 heteroatoms. The summed E-state index contributed by atoms with van der Waals surface area (Å²) in [6, 6.07) is 4.68. The van der Waals surface area contributed by atoms with Crippen molar-refractivity contribution < 1.29 is 34.3 Å². The van der Waals surface area contributed by atoms with Crippen molar-refractivity contribution in [3.63, 3.8) is 0 Å². The first-order valence-electron chi connectivity index (χ1n) is 7.17. The second-order valence-corrected chi connectivity index (χ2v) is 5.36. The average molecular weight is 316 g/mol. The van der Waals surface area contributed by atoms with E-state index in [1.165, 1.54) is 13.2 Å². The number of ether oxygens (including phenoxy) is 2. The molecule has 3 N–H and O–H groups in total. The third-order valence-corrected chi connectivity index (χ3v) is 3.90. The third-order valence-electron chi connectivity index (χ3n) is 3.90. The summed E-state index contributed by atoms with van der Waals surface area (Å²) in [5, 5.41) is 28.9. The largest absolute Gasteiger partial charge is 0.497 e. The van der Waals surface area contributed by atoms with Crippen LogP contribution < -0.4 is 9.68 Å². The molecular formula is C15H21FO6. The van der Waals surface area contributed by atoms with E-state index < -0.39 is 24.4 Å². The summed E-state index contributed by atoms with van der Waals surface area (Å²) in [4.78, 5) is 3.83. The number of methoxy groups -OCH3 is 1. The maximum absolute atomic E-state index is 12.5. The molecule has 6 nitrogen and oxygen atoms in total. The molecule has 22 heavy (non-hydrogen) atoms. The molecule has 0 radical (unpaired) electrons. The van der Waals surface area contributed by atoms with Gasteiger partial charge < -0.3 is 24.8 Å². The minimum absolute atomic E-state index is 0.0744. The van der Waals surface area contributed by atoms with Crippen LogP contribution in [-0.2, 0) is 11.2 Å². The zero-order valence-electron chi connectivity index (χ0n) is 12.3. The number of aliphatic hydroxyl groups is 3. The van der Waals surface area contributed by atoms with Gasteiger partial charge in [0, 0.05) is 16.5 Å². The van der Waals surface area contributed by atoms with Crippen LogP contribution in [0.5, 0.6) is 11.5 Å². The molecular weight excluding hydrogens is 295 g/mol. The van der Waals surface area contributed by atoms with Gasteiger partial charge in [-0.15, -0.1) is 0 Å². The third kappa shape index (κ3) is 3.86. The van der Waals surface area contributed by atoms with Gasteiger partial charge in [-0.1, -0.05) is 0 Å². The van der Waals surface area contributed by atoms with E-state index in [9.17, 15) is 14.7 Å². The lowest BCUT2D eigenvalue weighted by Crippen LogP contribution is -2.49. The van der Waals surface area contributed by atoms with Crippen LogP contribution in [0.2, 0.25) is 0 Å². The highest BCUT2D eigenvalue weighted by Crippen LogP contribution is 2.29. The Labute approximate surface area is 127 Å². The molecule has 0 amide bonds. The minimum Gasteiger partial charge on any atom is -0.497 e. The Morgan fingerprint density at radius 1 is 1.36 bits per heavy atom. The molecule has 1 heterocycles. The van der Waals surface area contributed by atoms with E-state index in [-0.39, 0.29) is 18.8 Å². The van der Waals surface area contributed by atoms with E-state index in [0.717, 1.165) is 0 Å². The summed E-state index contributed by atoms with van der Waals surface area (Å²) in [6.07, 6.45) is -2.24. The van der Waals surface area contributed by atoms with Crippen LogP contribution in [-0.4, -0.2) is 53.5 Å². The van der Waals surface area contributed by atoms with E-state index in [4.69, 9.17) is 14.6 Å². The number of hydrogen-bond acceptors (Lipinski definition) is 6. The first-order valence-corrected chi connectivity index (χ1v) is 7.17. The van der Waals surface area contributed by atoms with Crippen LogP contribution in [0.3, 0.4) is 0 Å². The van der Waals surface area contributed by atoms with Crippen LogP contribution in [0.4, 0.5) is 4.53 Å². The minimum atomic E-state index is -1.04. The Kier molecular flexibility index (Phi) is 5.96. The number of aliphatic hydroxyl groups excluding tert-OH is 3. The molecule has 2 rings (SSSR count). The fourth-order valence-corrected chi connectivity index (χ4v) is 2.65. The lowest BCUT2D eigenvalue weighted by Gasteiger charge is -2.36. The summed E-state index contributed by atoms with van der Waals surface area (Å²) < 4.78 is 23.2. The molecule has 0 aliphatic carbocycles. The van der Waals surface area contributed by atoms with Gasteiger partial charge in [-0.25, -0.2) is 0 Å². The summed E-state index contributed by atoms with van der Waals surface area (Å²) in [7, 11) is 1.51. The number of rotatable bonds is 6. The van der Waals surface area contributed by atoms with Gasteiger partial charge in [-0.3, -0.25) is 4.94 Å². The molecule has 1 aliphatic heterocycles. The summed E-state index contributed by atoms with van der Waals surface area (Å²) in [6.45, 7) is -0.224. The van der Waals surface area contributed by atoms with Gasteiger partial charge in [0.2, 0.25) is 0 Å². The molecule has 1 aromatic carbocycles. The molecule has 4 unspecified atom stereocenters. The van der Waals surface area contributed by atoms with Crippen LogP contribution in [0.1, 0.15) is 18.4 Å². The van der Waals surface area contributed by atoms with Crippen molar-refractivity contribution in [2.75, 3.05) is 13.7 Å². The summed E-state index contributed by atoms with van der Waals surface area (Å²) >= 11 is 0. The molecule has 0 bridgehead atoms. The van der Waals surface area contributed by atoms with Crippen molar-refractivity contribution in [1.82, 2.24) is 0 Å². The summed E-state index contributed by atoms with van der Waals surface area (Å²) in [5.41, 5.74) is 0.568. The molecule has 1 fully saturated rings. The van der Waals surface area contributed by atoms with Crippen molar-refractivity contribution in [2.45, 2.75) is 43.7 Å². The van der Waals surface area contributed by atoms with Gasteiger partial charge in [0.05, 0.1) is 32.0 Å². The second kappa shape index (κ2) is 7.73. The van der Waals surface area contributed by atoms with Gasteiger partial charge in [-0.05, 0) is 31.0 Å². The fraction of sp³-hybridized carbons (Fsp3) is 0.600. The van der Waals surface area contributed by atoms with Crippen LogP contribution in [0.15, 0.2) is 18.2 Å². The quantitative estimate of drug-likeness (QED) is 0.718. The maximum Gasteiger partial charge on any atom is 0.175 e. The Morgan fingerprint density at radius 3 is 2.77 bits per heavy atom. The first kappa shape index (κ1) is 17.0. The monoisotopic (exact) mass is 316 g/mol. The highest BCUT2D eigenvalue weighted by atomic mass is 19.3. The Balaban J connectivity index is 2.05. The lowest BCUT2D eigenvalue weighted by molar-refractivity contribution is -0.178. The maximum atomic E-state index is 12.5. The van der Waals surface area contributed by atoms with Crippen LogP contribution >= 0.6 is 0 Å². The SMILES string of the molecule is COc1ccc(OF)c(CCC2OC(CO)CC(O)C2O)c1. The Bertz CT molecular complexity index is 483. The van der Waals surface area contributed by atoms with Crippen LogP contribution in [0, 0.1) is 0 Å². The zero-order valence-corrected chi connectivity index (χ0v) is 12.3. The van der Waals surface area contributed by atoms with Crippen molar-refractivity contribution >= 4 is 0 Å². The molecule has 4 atom stereocenters. The Hall–Kier alpha value is -1.41. The molecule has 0 aromatic heterocycles. The lowest BCUT2D eigenvalue weighted by atomic mass is 9.93. The number of benzene rings is 1. The fourth-order valence-electron chi connectivity index (χ4n) is 2.65. The van der Waals surface area contributed by atoms with E-state index in [0.29, 0.717) is 24.2 Å². The molecule has 0 saturated carbocycles. The van der Waals surface area contributed by atoms with Gasteiger partial charge in [-0.2, -0.15) is 0 Å². The molecule has 1 aromatic rings. The number of aryl methyl sites for hydroxylation is 1. The number of hydrogen-bond donors (Lipinski definition) is 3. The van der Waals surface area contributed by atoms with E-state index in [1.807, 2.05) is 0 Å². The smallest absolute Gasteiger partial charge is 0.175 e. The number of halogens is 1. The summed E-state index contributed by atoms with van der Waals surface area (Å²) in [5.74, 6) is 0.638. The van der Waals surface area contributed by atoms with Gasteiger partial charge in [0.1, 0.15) is 11.9 Å². The molecule has 124 valence electrons. The first-order chi connectivity index (χ1) is 10.6. The predicted octanol–water partition coefficient (Wildman–Crippen LogP) is 0.763. The normalized spacial score (nSPS) is 28.4. The highest BCUT2D eigenvalue weighted by Gasteiger charge is 2.36. The van der Waals surface area contributed by atoms with Crippen LogP contribution in [0.25, 0.3) is 0 Å². The van der Waals surface area contributed by atoms with Gasteiger partial charge in [0.15, 0.2) is 5.75 Å². The Morgan fingerprint density at radius 2 is 2.14 bits per heavy atom. The zero-order chi connectivity index (χ0) is 16.1. The van der Waals surface area contributed by atoms with E-state index in [1.54, 1.807) is 12.1 Å². The van der Waals surface area contributed by atoms with Crippen molar-refractivity contribution in [2.24, 2.45) is 0 Å². The predicted molar refractivity (Wildman–Crippen MR) is 75.4 cm³/mol. The standard InChI is InChI=1S/C15H21FO6/c1-20-10-3-5-13(22-16)9(6-10)2-4-14-15(19)12(18)7-11(8-17)21-14/h3,5-6,11-12,14-15,17-19H,2,4,7-8H2,1H3. The highest BCUT2D eigenvalue weighted by molar-refractivity contribution is 5.40. The van der Waals surface area contributed by atoms with Crippen molar-refractivity contribution in [1.29, 1.82) is 0 Å². The molecule has 1 saturated heterocycles. The van der Waals surface area contributed by atoms with Gasteiger partial charge >= 0.3 is 0 Å². The average Bonchev–Trinajstić information content (AvgIpc) is 2.55. The van der Waals surface area contributed by atoms with E-state index in [2.05, 4.69) is 4.94 Å². The van der Waals surface area contributed by atoms with Gasteiger partial charge in [0.25, 0.3) is 0 Å². The van der Waals surface area contributed by atoms with Crippen molar-refractivity contribution in [3.05, 3.63) is 23.8 Å². The topological polar surface area (TPSA) is 88.4 Å².